The molecule has 0 bridgehead atoms. The summed E-state index contributed by atoms with van der Waals surface area (Å²) in [7, 11) is -4.21. The Hall–Kier alpha value is -3.59. The van der Waals surface area contributed by atoms with Gasteiger partial charge in [0.1, 0.15) is 11.9 Å². The van der Waals surface area contributed by atoms with Crippen molar-refractivity contribution in [2.45, 2.75) is 43.6 Å². The minimum atomic E-state index is -4.21. The van der Waals surface area contributed by atoms with Crippen molar-refractivity contribution in [1.29, 1.82) is 0 Å². The van der Waals surface area contributed by atoms with Crippen molar-refractivity contribution in [3.05, 3.63) is 95.8 Å². The number of rotatable bonds is 8. The molecule has 2 amide bonds. The summed E-state index contributed by atoms with van der Waals surface area (Å²) in [6.07, 6.45) is 0.182. The zero-order chi connectivity index (χ0) is 26.5. The van der Waals surface area contributed by atoms with E-state index in [1.807, 2.05) is 18.2 Å². The molecule has 2 atom stereocenters. The lowest BCUT2D eigenvalue weighted by molar-refractivity contribution is -0.118. The Kier molecular flexibility index (Phi) is 8.24. The number of alkyl halides is 1. The summed E-state index contributed by atoms with van der Waals surface area (Å²) in [6.45, 7) is 4.49. The maximum Gasteiger partial charge on any atom is 0.251 e. The van der Waals surface area contributed by atoms with Gasteiger partial charge < -0.3 is 10.6 Å². The number of nitrogens with one attached hydrogen (secondary N) is 2. The van der Waals surface area contributed by atoms with Crippen LogP contribution in [0, 0.1) is 11.2 Å². The van der Waals surface area contributed by atoms with Crippen LogP contribution >= 0.6 is 0 Å². The van der Waals surface area contributed by atoms with Crippen LogP contribution in [0.2, 0.25) is 0 Å². The summed E-state index contributed by atoms with van der Waals surface area (Å²) in [4.78, 5) is 25.6. The Morgan fingerprint density at radius 1 is 0.889 bits per heavy atom. The molecule has 0 aliphatic carbocycles. The number of halogens is 2. The second kappa shape index (κ2) is 11.0. The zero-order valence-electron chi connectivity index (χ0n) is 20.2. The number of sulfone groups is 1. The minimum absolute atomic E-state index is 0.182. The van der Waals surface area contributed by atoms with Gasteiger partial charge in [0, 0.05) is 23.1 Å². The normalized spacial score (nSPS) is 13.5. The highest BCUT2D eigenvalue weighted by Crippen LogP contribution is 2.31. The van der Waals surface area contributed by atoms with Gasteiger partial charge in [-0.15, -0.1) is 0 Å². The molecule has 0 aliphatic heterocycles. The Morgan fingerprint density at radius 2 is 1.47 bits per heavy atom. The van der Waals surface area contributed by atoms with E-state index in [2.05, 4.69) is 10.6 Å². The van der Waals surface area contributed by atoms with E-state index in [0.29, 0.717) is 0 Å². The second-order valence-electron chi connectivity index (χ2n) is 9.46. The lowest BCUT2D eigenvalue weighted by atomic mass is 9.99. The van der Waals surface area contributed by atoms with E-state index in [1.165, 1.54) is 57.2 Å². The number of hydrogen-bond donors (Lipinski definition) is 2. The fourth-order valence-electron chi connectivity index (χ4n) is 3.44. The second-order valence-corrected chi connectivity index (χ2v) is 11.4. The average molecular weight is 515 g/mol. The third-order valence-electron chi connectivity index (χ3n) is 5.41. The molecule has 0 radical (unpaired) electrons. The molecule has 3 aromatic rings. The van der Waals surface area contributed by atoms with Crippen molar-refractivity contribution in [3.8, 4) is 0 Å². The fraction of sp³-hybridized carbons (Fsp3) is 0.259. The van der Waals surface area contributed by atoms with Crippen LogP contribution in [0.1, 0.15) is 36.7 Å². The molecule has 3 rings (SSSR count). The van der Waals surface area contributed by atoms with Gasteiger partial charge in [-0.25, -0.2) is 17.2 Å². The first-order chi connectivity index (χ1) is 16.9. The SMILES string of the molecule is CC(C)(C)C(F)S(=O)(=O)c1ccc(NC(=O)[C@H](Cc2ccccc2)NC(=O)c2ccc(F)cc2)cc1. The Balaban J connectivity index is 1.78. The van der Waals surface area contributed by atoms with Crippen LogP contribution in [0.15, 0.2) is 83.8 Å². The molecule has 0 spiro atoms. The highest BCUT2D eigenvalue weighted by atomic mass is 32.2. The Morgan fingerprint density at radius 3 is 2.03 bits per heavy atom. The van der Waals surface area contributed by atoms with Crippen molar-refractivity contribution < 1.29 is 26.8 Å². The summed E-state index contributed by atoms with van der Waals surface area (Å²) in [5.74, 6) is -1.58. The summed E-state index contributed by atoms with van der Waals surface area (Å²) < 4.78 is 52.9. The Bertz CT molecular complexity index is 1300. The number of anilines is 1. The Labute approximate surface area is 209 Å². The molecule has 0 heterocycles. The lowest BCUT2D eigenvalue weighted by Gasteiger charge is -2.23. The molecule has 6 nitrogen and oxygen atoms in total. The van der Waals surface area contributed by atoms with Gasteiger partial charge in [0.2, 0.25) is 21.2 Å². The largest absolute Gasteiger partial charge is 0.340 e. The van der Waals surface area contributed by atoms with Gasteiger partial charge in [0.05, 0.1) is 4.90 Å². The smallest absolute Gasteiger partial charge is 0.251 e. The summed E-state index contributed by atoms with van der Waals surface area (Å²) >= 11 is 0. The van der Waals surface area contributed by atoms with E-state index in [0.717, 1.165) is 17.7 Å². The molecule has 3 aromatic carbocycles. The zero-order valence-corrected chi connectivity index (χ0v) is 21.0. The first-order valence-electron chi connectivity index (χ1n) is 11.3. The third kappa shape index (κ3) is 6.75. The molecule has 0 aromatic heterocycles. The number of carbonyl (C=O) groups is 2. The molecule has 9 heteroatoms. The molecule has 0 aliphatic rings. The van der Waals surface area contributed by atoms with Crippen molar-refractivity contribution in [3.63, 3.8) is 0 Å². The predicted molar refractivity (Wildman–Crippen MR) is 134 cm³/mol. The molecule has 0 saturated carbocycles. The van der Waals surface area contributed by atoms with E-state index in [-0.39, 0.29) is 22.6 Å². The standard InChI is InChI=1S/C27H28F2N2O4S/c1-27(2,3)26(29)36(34,35)22-15-13-21(14-16-22)30-25(33)23(17-18-7-5-4-6-8-18)31-24(32)19-9-11-20(28)12-10-19/h4-16,23,26H,17H2,1-3H3,(H,30,33)(H,31,32)/t23-,26?/m0/s1. The number of carbonyl (C=O) groups excluding carboxylic acids is 2. The van der Waals surface area contributed by atoms with Gasteiger partial charge in [-0.05, 0) is 54.1 Å². The highest BCUT2D eigenvalue weighted by Gasteiger charge is 2.37. The summed E-state index contributed by atoms with van der Waals surface area (Å²) in [5, 5.41) is 5.33. The van der Waals surface area contributed by atoms with Crippen LogP contribution in [0.5, 0.6) is 0 Å². The van der Waals surface area contributed by atoms with E-state index >= 15 is 0 Å². The van der Waals surface area contributed by atoms with Gasteiger partial charge in [0.15, 0.2) is 0 Å². The maximum atomic E-state index is 14.6. The van der Waals surface area contributed by atoms with E-state index in [4.69, 9.17) is 0 Å². The van der Waals surface area contributed by atoms with Crippen molar-refractivity contribution in [2.24, 2.45) is 5.41 Å². The van der Waals surface area contributed by atoms with Crippen molar-refractivity contribution in [2.75, 3.05) is 5.32 Å². The topological polar surface area (TPSA) is 92.3 Å². The van der Waals surface area contributed by atoms with Gasteiger partial charge in [-0.1, -0.05) is 51.1 Å². The first kappa shape index (κ1) is 27.0. The van der Waals surface area contributed by atoms with Gasteiger partial charge in [-0.2, -0.15) is 0 Å². The molecule has 36 heavy (non-hydrogen) atoms. The predicted octanol–water partition coefficient (Wildman–Crippen LogP) is 4.92. The molecule has 2 N–H and O–H groups in total. The number of amides is 2. The molecular formula is C27H28F2N2O4S. The van der Waals surface area contributed by atoms with Crippen molar-refractivity contribution >= 4 is 27.3 Å². The molecular weight excluding hydrogens is 486 g/mol. The van der Waals surface area contributed by atoms with Gasteiger partial charge in [-0.3, -0.25) is 9.59 Å². The maximum absolute atomic E-state index is 14.6. The summed E-state index contributed by atoms with van der Waals surface area (Å²) in [6, 6.07) is 18.2. The van der Waals surface area contributed by atoms with Crippen LogP contribution < -0.4 is 10.6 Å². The van der Waals surface area contributed by atoms with E-state index < -0.39 is 44.4 Å². The van der Waals surface area contributed by atoms with Crippen LogP contribution in [0.4, 0.5) is 14.5 Å². The van der Waals surface area contributed by atoms with Crippen molar-refractivity contribution in [1.82, 2.24) is 5.32 Å². The molecule has 190 valence electrons. The third-order valence-corrected chi connectivity index (χ3v) is 7.60. The van der Waals surface area contributed by atoms with Gasteiger partial charge >= 0.3 is 0 Å². The minimum Gasteiger partial charge on any atom is -0.340 e. The monoisotopic (exact) mass is 514 g/mol. The number of hydrogen-bond acceptors (Lipinski definition) is 4. The number of benzene rings is 3. The highest BCUT2D eigenvalue weighted by molar-refractivity contribution is 7.92. The quantitative estimate of drug-likeness (QED) is 0.446. The van der Waals surface area contributed by atoms with Crippen LogP contribution in [-0.2, 0) is 21.1 Å². The first-order valence-corrected chi connectivity index (χ1v) is 12.8. The fourth-order valence-corrected chi connectivity index (χ4v) is 5.13. The van der Waals surface area contributed by atoms with Crippen LogP contribution in [0.3, 0.4) is 0 Å². The summed E-state index contributed by atoms with van der Waals surface area (Å²) in [5.41, 5.74) is -1.92. The molecule has 1 unspecified atom stereocenters. The van der Waals surface area contributed by atoms with E-state index in [1.54, 1.807) is 12.1 Å². The average Bonchev–Trinajstić information content (AvgIpc) is 2.84. The van der Waals surface area contributed by atoms with Crippen LogP contribution in [-0.4, -0.2) is 31.8 Å². The van der Waals surface area contributed by atoms with E-state index in [9.17, 15) is 26.8 Å². The lowest BCUT2D eigenvalue weighted by Crippen LogP contribution is -2.45. The van der Waals surface area contributed by atoms with Crippen LogP contribution in [0.25, 0.3) is 0 Å². The molecule has 0 saturated heterocycles. The molecule has 0 fully saturated rings. The van der Waals surface area contributed by atoms with Gasteiger partial charge in [0.25, 0.3) is 5.91 Å².